The van der Waals surface area contributed by atoms with E-state index in [4.69, 9.17) is 0 Å². The number of aryl methyl sites for hydroxylation is 1. The molecule has 1 rings (SSSR count). The van der Waals surface area contributed by atoms with E-state index in [0.717, 1.165) is 44.4 Å². The zero-order valence-corrected chi connectivity index (χ0v) is 16.8. The Kier molecular flexibility index (Phi) is 11.2. The Morgan fingerprint density at radius 3 is 2.55 bits per heavy atom. The lowest BCUT2D eigenvalue weighted by Crippen LogP contribution is -2.40. The molecule has 0 aliphatic heterocycles. The monoisotopic (exact) mass is 422 g/mol. The largest absolute Gasteiger partial charge is 0.356 e. The first-order chi connectivity index (χ1) is 10.0. The summed E-state index contributed by atoms with van der Waals surface area (Å²) in [5, 5.41) is 14.8. The van der Waals surface area contributed by atoms with E-state index in [1.54, 1.807) is 6.33 Å². The molecule has 2 N–H and O–H groups in total. The van der Waals surface area contributed by atoms with Crippen molar-refractivity contribution >= 4 is 29.9 Å². The summed E-state index contributed by atoms with van der Waals surface area (Å²) in [5.74, 6) is 3.07. The third-order valence-electron chi connectivity index (χ3n) is 2.95. The topological polar surface area (TPSA) is 67.1 Å². The van der Waals surface area contributed by atoms with Crippen molar-refractivity contribution in [2.45, 2.75) is 47.6 Å². The second-order valence-corrected chi connectivity index (χ2v) is 6.08. The van der Waals surface area contributed by atoms with E-state index < -0.39 is 0 Å². The van der Waals surface area contributed by atoms with Crippen LogP contribution in [0, 0.1) is 11.8 Å². The maximum atomic E-state index is 4.61. The molecule has 1 heterocycles. The van der Waals surface area contributed by atoms with Crippen LogP contribution >= 0.6 is 24.0 Å². The molecule has 0 aliphatic rings. The van der Waals surface area contributed by atoms with Crippen LogP contribution in [0.4, 0.5) is 0 Å². The second-order valence-electron chi connectivity index (χ2n) is 6.08. The SMILES string of the molecule is CCc1nncn1CCNC(=NCC(C)C)NCC(C)C.I. The maximum Gasteiger partial charge on any atom is 0.191 e. The van der Waals surface area contributed by atoms with E-state index >= 15 is 0 Å². The van der Waals surface area contributed by atoms with E-state index in [1.807, 2.05) is 0 Å². The molecule has 1 aromatic rings. The van der Waals surface area contributed by atoms with Crippen LogP contribution in [0.2, 0.25) is 0 Å². The summed E-state index contributed by atoms with van der Waals surface area (Å²) >= 11 is 0. The molecular weight excluding hydrogens is 391 g/mol. The lowest BCUT2D eigenvalue weighted by atomic mass is 10.2. The Labute approximate surface area is 151 Å². The third kappa shape index (κ3) is 8.55. The number of guanidine groups is 1. The highest BCUT2D eigenvalue weighted by Gasteiger charge is 2.03. The Morgan fingerprint density at radius 2 is 1.95 bits per heavy atom. The first-order valence-electron chi connectivity index (χ1n) is 7.91. The molecule has 0 fully saturated rings. The number of nitrogens with one attached hydrogen (secondary N) is 2. The van der Waals surface area contributed by atoms with Gasteiger partial charge in [0.1, 0.15) is 12.2 Å². The van der Waals surface area contributed by atoms with Crippen LogP contribution in [0.3, 0.4) is 0 Å². The number of nitrogens with zero attached hydrogens (tertiary/aromatic N) is 4. The minimum atomic E-state index is 0. The molecule has 0 aliphatic carbocycles. The van der Waals surface area contributed by atoms with Gasteiger partial charge in [-0.3, -0.25) is 4.99 Å². The fraction of sp³-hybridized carbons (Fsp3) is 0.800. The van der Waals surface area contributed by atoms with Crippen LogP contribution in [0.15, 0.2) is 11.3 Å². The molecule has 0 radical (unpaired) electrons. The van der Waals surface area contributed by atoms with Gasteiger partial charge in [0, 0.05) is 32.6 Å². The number of aromatic nitrogens is 3. The van der Waals surface area contributed by atoms with Gasteiger partial charge in [0.25, 0.3) is 0 Å². The van der Waals surface area contributed by atoms with Gasteiger partial charge in [-0.25, -0.2) is 0 Å². The van der Waals surface area contributed by atoms with Gasteiger partial charge in [0.05, 0.1) is 0 Å². The molecular formula is C15H31IN6. The third-order valence-corrected chi connectivity index (χ3v) is 2.95. The number of hydrogen-bond donors (Lipinski definition) is 2. The summed E-state index contributed by atoms with van der Waals surface area (Å²) in [6, 6.07) is 0. The minimum absolute atomic E-state index is 0. The molecule has 6 nitrogen and oxygen atoms in total. The summed E-state index contributed by atoms with van der Waals surface area (Å²) in [6.07, 6.45) is 2.69. The highest BCUT2D eigenvalue weighted by atomic mass is 127. The molecule has 0 saturated carbocycles. The Bertz CT molecular complexity index is 427. The molecule has 7 heteroatoms. The van der Waals surface area contributed by atoms with Gasteiger partial charge < -0.3 is 15.2 Å². The molecule has 0 saturated heterocycles. The minimum Gasteiger partial charge on any atom is -0.356 e. The van der Waals surface area contributed by atoms with Gasteiger partial charge in [-0.15, -0.1) is 34.2 Å². The fourth-order valence-corrected chi connectivity index (χ4v) is 1.78. The van der Waals surface area contributed by atoms with Crippen LogP contribution in [-0.2, 0) is 13.0 Å². The van der Waals surface area contributed by atoms with Crippen LogP contribution in [0.25, 0.3) is 0 Å². The number of rotatable bonds is 8. The first-order valence-corrected chi connectivity index (χ1v) is 7.91. The summed E-state index contributed by atoms with van der Waals surface area (Å²) < 4.78 is 2.08. The van der Waals surface area contributed by atoms with Gasteiger partial charge in [-0.05, 0) is 11.8 Å². The first kappa shape index (κ1) is 21.1. The van der Waals surface area contributed by atoms with E-state index in [9.17, 15) is 0 Å². The normalized spacial score (nSPS) is 11.7. The molecule has 22 heavy (non-hydrogen) atoms. The van der Waals surface area contributed by atoms with Crippen molar-refractivity contribution in [2.24, 2.45) is 16.8 Å². The van der Waals surface area contributed by atoms with Crippen molar-refractivity contribution < 1.29 is 0 Å². The quantitative estimate of drug-likeness (QED) is 0.383. The predicted octanol–water partition coefficient (Wildman–Crippen LogP) is 2.31. The summed E-state index contributed by atoms with van der Waals surface area (Å²) in [5.41, 5.74) is 0. The van der Waals surface area contributed by atoms with Crippen LogP contribution < -0.4 is 10.6 Å². The summed E-state index contributed by atoms with van der Waals surface area (Å²) in [6.45, 7) is 14.2. The molecule has 128 valence electrons. The van der Waals surface area contributed by atoms with Crippen LogP contribution in [-0.4, -0.2) is 40.4 Å². The zero-order valence-electron chi connectivity index (χ0n) is 14.5. The Hall–Kier alpha value is -0.860. The van der Waals surface area contributed by atoms with Crippen molar-refractivity contribution in [3.8, 4) is 0 Å². The standard InChI is InChI=1S/C15H30N6.HI/c1-6-14-20-19-11-21(14)8-7-16-15(17-9-12(2)3)18-10-13(4)5;/h11-13H,6-10H2,1-5H3,(H2,16,17,18);1H. The Morgan fingerprint density at radius 1 is 1.23 bits per heavy atom. The summed E-state index contributed by atoms with van der Waals surface area (Å²) in [4.78, 5) is 4.61. The second kappa shape index (κ2) is 11.7. The lowest BCUT2D eigenvalue weighted by Gasteiger charge is -2.15. The smallest absolute Gasteiger partial charge is 0.191 e. The number of hydrogen-bond acceptors (Lipinski definition) is 3. The average molecular weight is 422 g/mol. The van der Waals surface area contributed by atoms with E-state index in [2.05, 4.69) is 65.0 Å². The van der Waals surface area contributed by atoms with Crippen LogP contribution in [0.1, 0.15) is 40.4 Å². The van der Waals surface area contributed by atoms with Gasteiger partial charge in [-0.1, -0.05) is 34.6 Å². The molecule has 0 unspecified atom stereocenters. The molecule has 0 spiro atoms. The molecule has 0 amide bonds. The Balaban J connectivity index is 0.00000441. The molecule has 1 aromatic heterocycles. The van der Waals surface area contributed by atoms with Crippen molar-refractivity contribution in [3.63, 3.8) is 0 Å². The molecule has 0 aromatic carbocycles. The van der Waals surface area contributed by atoms with Gasteiger partial charge in [0.15, 0.2) is 5.96 Å². The zero-order chi connectivity index (χ0) is 15.7. The average Bonchev–Trinajstić information content (AvgIpc) is 2.88. The number of aliphatic imine (C=N–C) groups is 1. The van der Waals surface area contributed by atoms with E-state index in [0.29, 0.717) is 11.8 Å². The lowest BCUT2D eigenvalue weighted by molar-refractivity contribution is 0.592. The van der Waals surface area contributed by atoms with E-state index in [-0.39, 0.29) is 24.0 Å². The molecule has 0 bridgehead atoms. The van der Waals surface area contributed by atoms with Crippen molar-refractivity contribution in [2.75, 3.05) is 19.6 Å². The van der Waals surface area contributed by atoms with Gasteiger partial charge >= 0.3 is 0 Å². The fourth-order valence-electron chi connectivity index (χ4n) is 1.78. The molecule has 0 atom stereocenters. The van der Waals surface area contributed by atoms with Crippen molar-refractivity contribution in [3.05, 3.63) is 12.2 Å². The van der Waals surface area contributed by atoms with Gasteiger partial charge in [0.2, 0.25) is 0 Å². The van der Waals surface area contributed by atoms with E-state index in [1.165, 1.54) is 0 Å². The highest BCUT2D eigenvalue weighted by molar-refractivity contribution is 14.0. The highest BCUT2D eigenvalue weighted by Crippen LogP contribution is 1.95. The van der Waals surface area contributed by atoms with Crippen molar-refractivity contribution in [1.29, 1.82) is 0 Å². The predicted molar refractivity (Wildman–Crippen MR) is 103 cm³/mol. The summed E-state index contributed by atoms with van der Waals surface area (Å²) in [7, 11) is 0. The number of halogens is 1. The van der Waals surface area contributed by atoms with Gasteiger partial charge in [-0.2, -0.15) is 0 Å². The maximum absolute atomic E-state index is 4.61. The van der Waals surface area contributed by atoms with Crippen molar-refractivity contribution in [1.82, 2.24) is 25.4 Å². The van der Waals surface area contributed by atoms with Crippen LogP contribution in [0.5, 0.6) is 0 Å².